The van der Waals surface area contributed by atoms with Crippen LogP contribution in [0.15, 0.2) is 71.8 Å². The molecule has 3 heterocycles. The molecule has 0 saturated heterocycles. The Morgan fingerprint density at radius 2 is 1.79 bits per heavy atom. The first-order valence-corrected chi connectivity index (χ1v) is 9.63. The lowest BCUT2D eigenvalue weighted by Gasteiger charge is -2.26. The van der Waals surface area contributed by atoms with Gasteiger partial charge in [-0.3, -0.25) is 4.99 Å². The number of benzene rings is 2. The van der Waals surface area contributed by atoms with Crippen molar-refractivity contribution in [1.82, 2.24) is 9.97 Å². The van der Waals surface area contributed by atoms with Crippen LogP contribution < -0.4 is 4.90 Å². The Morgan fingerprint density at radius 1 is 1.00 bits per heavy atom. The van der Waals surface area contributed by atoms with E-state index in [1.54, 1.807) is 6.33 Å². The number of allylic oxidation sites excluding steroid dienone is 1. The SMILES string of the molecule is [C-]#[N+]c1ccc(N2CCC3=C(C(C)=NC3)c3cc(-c4cncnc4)ccc32)cc1. The molecule has 0 fully saturated rings. The molecule has 2 aromatic carbocycles. The molecule has 0 radical (unpaired) electrons. The van der Waals surface area contributed by atoms with Crippen LogP contribution in [-0.2, 0) is 0 Å². The number of aliphatic imine (C=N–C) groups is 1. The maximum absolute atomic E-state index is 7.21. The smallest absolute Gasteiger partial charge is 0.187 e. The zero-order valence-corrected chi connectivity index (χ0v) is 16.1. The fraction of sp³-hybridized carbons (Fsp3) is 0.167. The topological polar surface area (TPSA) is 45.7 Å². The molecule has 5 rings (SSSR count). The molecule has 2 aliphatic heterocycles. The third-order valence-corrected chi connectivity index (χ3v) is 5.60. The number of anilines is 2. The zero-order chi connectivity index (χ0) is 19.8. The van der Waals surface area contributed by atoms with Gasteiger partial charge in [-0.25, -0.2) is 14.8 Å². The van der Waals surface area contributed by atoms with Gasteiger partial charge in [0.25, 0.3) is 0 Å². The van der Waals surface area contributed by atoms with E-state index >= 15 is 0 Å². The van der Waals surface area contributed by atoms with Crippen LogP contribution in [0.2, 0.25) is 0 Å². The fourth-order valence-corrected chi connectivity index (χ4v) is 4.16. The Hall–Kier alpha value is -3.78. The Balaban J connectivity index is 1.67. The molecule has 0 atom stereocenters. The highest BCUT2D eigenvalue weighted by Crippen LogP contribution is 2.42. The van der Waals surface area contributed by atoms with Crippen molar-refractivity contribution in [3.63, 3.8) is 0 Å². The van der Waals surface area contributed by atoms with Crippen molar-refractivity contribution in [3.05, 3.63) is 83.7 Å². The quantitative estimate of drug-likeness (QED) is 0.557. The summed E-state index contributed by atoms with van der Waals surface area (Å²) < 4.78 is 0. The van der Waals surface area contributed by atoms with Crippen LogP contribution in [0.5, 0.6) is 0 Å². The number of hydrogen-bond donors (Lipinski definition) is 0. The van der Waals surface area contributed by atoms with Crippen LogP contribution in [-0.4, -0.2) is 28.8 Å². The maximum atomic E-state index is 7.21. The summed E-state index contributed by atoms with van der Waals surface area (Å²) in [4.78, 5) is 18.9. The molecule has 0 spiro atoms. The van der Waals surface area contributed by atoms with Crippen molar-refractivity contribution in [1.29, 1.82) is 0 Å². The predicted molar refractivity (Wildman–Crippen MR) is 117 cm³/mol. The van der Waals surface area contributed by atoms with Crippen LogP contribution in [0.1, 0.15) is 18.9 Å². The number of hydrogen-bond acceptors (Lipinski definition) is 4. The number of nitrogens with zero attached hydrogens (tertiary/aromatic N) is 5. The van der Waals surface area contributed by atoms with E-state index in [2.05, 4.69) is 44.8 Å². The van der Waals surface area contributed by atoms with E-state index in [0.29, 0.717) is 5.69 Å². The van der Waals surface area contributed by atoms with Gasteiger partial charge in [0.15, 0.2) is 5.69 Å². The fourth-order valence-electron chi connectivity index (χ4n) is 4.16. The summed E-state index contributed by atoms with van der Waals surface area (Å²) >= 11 is 0. The molecule has 140 valence electrons. The van der Waals surface area contributed by atoms with Gasteiger partial charge in [-0.15, -0.1) is 0 Å². The highest BCUT2D eigenvalue weighted by Gasteiger charge is 2.27. The summed E-state index contributed by atoms with van der Waals surface area (Å²) in [6.07, 6.45) is 6.21. The van der Waals surface area contributed by atoms with Gasteiger partial charge in [0.2, 0.25) is 0 Å². The molecule has 2 aliphatic rings. The van der Waals surface area contributed by atoms with Crippen LogP contribution in [0.3, 0.4) is 0 Å². The lowest BCUT2D eigenvalue weighted by Crippen LogP contribution is -2.18. The number of rotatable bonds is 2. The van der Waals surface area contributed by atoms with Crippen molar-refractivity contribution in [2.45, 2.75) is 13.3 Å². The Morgan fingerprint density at radius 3 is 2.55 bits per heavy atom. The molecule has 5 nitrogen and oxygen atoms in total. The molecule has 0 amide bonds. The monoisotopic (exact) mass is 377 g/mol. The predicted octanol–water partition coefficient (Wildman–Crippen LogP) is 5.46. The zero-order valence-electron chi connectivity index (χ0n) is 16.1. The van der Waals surface area contributed by atoms with E-state index in [1.165, 1.54) is 22.4 Å². The molecule has 0 bridgehead atoms. The second kappa shape index (κ2) is 6.99. The van der Waals surface area contributed by atoms with Crippen molar-refractivity contribution in [2.75, 3.05) is 18.0 Å². The highest BCUT2D eigenvalue weighted by atomic mass is 15.1. The normalized spacial score (nSPS) is 15.3. The van der Waals surface area contributed by atoms with Crippen molar-refractivity contribution in [3.8, 4) is 11.1 Å². The van der Waals surface area contributed by atoms with Gasteiger partial charge in [0.1, 0.15) is 6.33 Å². The second-order valence-electron chi connectivity index (χ2n) is 7.27. The van der Waals surface area contributed by atoms with Gasteiger partial charge < -0.3 is 4.90 Å². The van der Waals surface area contributed by atoms with E-state index in [0.717, 1.165) is 42.0 Å². The Bertz CT molecular complexity index is 1180. The van der Waals surface area contributed by atoms with E-state index in [-0.39, 0.29) is 0 Å². The summed E-state index contributed by atoms with van der Waals surface area (Å²) in [6.45, 7) is 11.0. The summed E-state index contributed by atoms with van der Waals surface area (Å²) in [5.41, 5.74) is 10.0. The van der Waals surface area contributed by atoms with Crippen LogP contribution in [0.25, 0.3) is 21.5 Å². The molecule has 0 saturated carbocycles. The molecule has 0 aliphatic carbocycles. The minimum absolute atomic E-state index is 0.659. The van der Waals surface area contributed by atoms with E-state index in [4.69, 9.17) is 11.6 Å². The molecule has 29 heavy (non-hydrogen) atoms. The first-order valence-electron chi connectivity index (χ1n) is 9.63. The average molecular weight is 377 g/mol. The lowest BCUT2D eigenvalue weighted by atomic mass is 9.93. The van der Waals surface area contributed by atoms with Crippen LogP contribution in [0.4, 0.5) is 17.1 Å². The molecule has 0 unspecified atom stereocenters. The number of fused-ring (bicyclic) bond motifs is 2. The van der Waals surface area contributed by atoms with Crippen LogP contribution >= 0.6 is 0 Å². The standard InChI is InChI=1S/C24H19N5/c1-16-24-18(14-28-16)9-10-29(21-6-4-20(25-2)5-7-21)23-8-3-17(11-22(23)24)19-12-26-15-27-13-19/h3-8,11-13,15H,9-10,14H2,1H3. The Kier molecular flexibility index (Phi) is 4.18. The number of aromatic nitrogens is 2. The van der Waals surface area contributed by atoms with Crippen LogP contribution in [0, 0.1) is 6.57 Å². The average Bonchev–Trinajstić information content (AvgIpc) is 3.06. The lowest BCUT2D eigenvalue weighted by molar-refractivity contribution is 0.895. The second-order valence-corrected chi connectivity index (χ2v) is 7.27. The van der Waals surface area contributed by atoms with E-state index < -0.39 is 0 Å². The molecule has 5 heteroatoms. The molecule has 3 aromatic rings. The van der Waals surface area contributed by atoms with Gasteiger partial charge in [0, 0.05) is 52.7 Å². The van der Waals surface area contributed by atoms with Gasteiger partial charge in [-0.05, 0) is 48.7 Å². The van der Waals surface area contributed by atoms with Crippen molar-refractivity contribution in [2.24, 2.45) is 4.99 Å². The highest BCUT2D eigenvalue weighted by molar-refractivity contribution is 6.27. The minimum atomic E-state index is 0.659. The van der Waals surface area contributed by atoms with Gasteiger partial charge in [-0.2, -0.15) is 0 Å². The first kappa shape index (κ1) is 17.3. The Labute approximate surface area is 169 Å². The summed E-state index contributed by atoms with van der Waals surface area (Å²) in [5, 5.41) is 0. The van der Waals surface area contributed by atoms with Gasteiger partial charge in [-0.1, -0.05) is 18.2 Å². The summed E-state index contributed by atoms with van der Waals surface area (Å²) in [7, 11) is 0. The minimum Gasteiger partial charge on any atom is -0.341 e. The largest absolute Gasteiger partial charge is 0.341 e. The summed E-state index contributed by atoms with van der Waals surface area (Å²) in [6, 6.07) is 14.4. The van der Waals surface area contributed by atoms with Crippen molar-refractivity contribution >= 4 is 28.3 Å². The third kappa shape index (κ3) is 2.99. The first-order chi connectivity index (χ1) is 14.2. The molecular weight excluding hydrogens is 358 g/mol. The van der Waals surface area contributed by atoms with E-state index in [1.807, 2.05) is 36.7 Å². The third-order valence-electron chi connectivity index (χ3n) is 5.60. The molecule has 0 N–H and O–H groups in total. The maximum Gasteiger partial charge on any atom is 0.187 e. The molecule has 1 aromatic heterocycles. The van der Waals surface area contributed by atoms with Gasteiger partial charge in [0.05, 0.1) is 13.1 Å². The summed E-state index contributed by atoms with van der Waals surface area (Å²) in [5.74, 6) is 0. The van der Waals surface area contributed by atoms with Gasteiger partial charge >= 0.3 is 0 Å². The molecular formula is C24H19N5. The van der Waals surface area contributed by atoms with Crippen molar-refractivity contribution < 1.29 is 0 Å². The van der Waals surface area contributed by atoms with E-state index in [9.17, 15) is 0 Å².